The van der Waals surface area contributed by atoms with E-state index in [1.807, 2.05) is 12.1 Å². The highest BCUT2D eigenvalue weighted by Gasteiger charge is 2.22. The Morgan fingerprint density at radius 1 is 1.12 bits per heavy atom. The van der Waals surface area contributed by atoms with E-state index in [0.29, 0.717) is 17.4 Å². The van der Waals surface area contributed by atoms with E-state index in [-0.39, 0.29) is 15.7 Å². The molecule has 0 saturated carbocycles. The molecule has 2 N–H and O–H groups in total. The molecule has 0 spiro atoms. The van der Waals surface area contributed by atoms with Gasteiger partial charge in [-0.3, -0.25) is 0 Å². The Kier molecular flexibility index (Phi) is 6.94. The van der Waals surface area contributed by atoms with E-state index < -0.39 is 10.0 Å². The molecular weight excluding hydrogens is 476 g/mol. The van der Waals surface area contributed by atoms with E-state index in [9.17, 15) is 8.42 Å². The lowest BCUT2D eigenvalue weighted by molar-refractivity contribution is 0.312. The van der Waals surface area contributed by atoms with Crippen LogP contribution in [0.5, 0.6) is 5.75 Å². The fourth-order valence-corrected chi connectivity index (χ4v) is 4.93. The van der Waals surface area contributed by atoms with Crippen LogP contribution in [0.2, 0.25) is 5.02 Å². The number of fused-ring (bicyclic) bond motifs is 1. The first-order valence-corrected chi connectivity index (χ1v) is 12.5. The number of likely N-dealkylation sites (N-methyl/N-ethyl adjacent to an activating group) is 1. The number of rotatable bonds is 7. The quantitative estimate of drug-likeness (QED) is 0.502. The molecule has 0 unspecified atom stereocenters. The molecule has 1 aliphatic heterocycles. The summed E-state index contributed by atoms with van der Waals surface area (Å²) < 4.78 is 32.2. The van der Waals surface area contributed by atoms with Gasteiger partial charge in [-0.05, 0) is 48.9 Å². The number of hydrogen-bond acceptors (Lipinski definition) is 8. The second-order valence-corrected chi connectivity index (χ2v) is 10.8. The minimum atomic E-state index is -3.67. The lowest BCUT2D eigenvalue weighted by Gasteiger charge is -2.26. The van der Waals surface area contributed by atoms with E-state index in [2.05, 4.69) is 32.5 Å². The van der Waals surface area contributed by atoms with Crippen LogP contribution < -0.4 is 15.4 Å². The fraction of sp³-hybridized carbons (Fsp3) is 0.304. The van der Waals surface area contributed by atoms with Crippen molar-refractivity contribution in [2.75, 3.05) is 45.4 Å². The molecule has 0 fully saturated rings. The largest absolute Gasteiger partial charge is 0.495 e. The van der Waals surface area contributed by atoms with Gasteiger partial charge in [0.25, 0.3) is 0 Å². The molecule has 0 bridgehead atoms. The van der Waals surface area contributed by atoms with Crippen molar-refractivity contribution in [1.82, 2.24) is 19.2 Å². The summed E-state index contributed by atoms with van der Waals surface area (Å²) in [4.78, 5) is 11.2. The zero-order chi connectivity index (χ0) is 24.5. The minimum Gasteiger partial charge on any atom is -0.495 e. The minimum absolute atomic E-state index is 0.115. The van der Waals surface area contributed by atoms with Gasteiger partial charge in [-0.15, -0.1) is 0 Å². The molecule has 0 amide bonds. The Morgan fingerprint density at radius 3 is 2.62 bits per heavy atom. The van der Waals surface area contributed by atoms with Gasteiger partial charge in [-0.1, -0.05) is 23.7 Å². The van der Waals surface area contributed by atoms with Crippen molar-refractivity contribution in [2.45, 2.75) is 17.9 Å². The van der Waals surface area contributed by atoms with E-state index >= 15 is 0 Å². The van der Waals surface area contributed by atoms with Gasteiger partial charge in [0, 0.05) is 27.2 Å². The molecule has 0 aliphatic carbocycles. The van der Waals surface area contributed by atoms with Gasteiger partial charge in [-0.2, -0.15) is 4.98 Å². The van der Waals surface area contributed by atoms with Crippen molar-refractivity contribution in [1.29, 1.82) is 0 Å². The Hall–Kier alpha value is -2.92. The molecule has 1 aliphatic rings. The third-order valence-corrected chi connectivity index (χ3v) is 7.76. The third kappa shape index (κ3) is 4.95. The van der Waals surface area contributed by atoms with Crippen LogP contribution in [0, 0.1) is 0 Å². The number of halogens is 1. The summed E-state index contributed by atoms with van der Waals surface area (Å²) in [7, 11) is 3.01. The van der Waals surface area contributed by atoms with Crippen LogP contribution in [0.4, 0.5) is 23.1 Å². The van der Waals surface area contributed by atoms with Crippen LogP contribution in [-0.2, 0) is 23.0 Å². The first kappa shape index (κ1) is 24.2. The van der Waals surface area contributed by atoms with Crippen LogP contribution >= 0.6 is 11.6 Å². The lowest BCUT2D eigenvalue weighted by Crippen LogP contribution is -2.26. The van der Waals surface area contributed by atoms with E-state index in [1.165, 1.54) is 37.5 Å². The fourth-order valence-electron chi connectivity index (χ4n) is 3.75. The zero-order valence-electron chi connectivity index (χ0n) is 19.5. The summed E-state index contributed by atoms with van der Waals surface area (Å²) in [5.41, 5.74) is 3.57. The maximum Gasteiger partial charge on any atom is 0.244 e. The first-order valence-electron chi connectivity index (χ1n) is 10.7. The zero-order valence-corrected chi connectivity index (χ0v) is 21.0. The molecule has 0 saturated heterocycles. The number of aromatic nitrogens is 2. The van der Waals surface area contributed by atoms with Gasteiger partial charge in [0.15, 0.2) is 5.82 Å². The van der Waals surface area contributed by atoms with Crippen LogP contribution in [0.3, 0.4) is 0 Å². The molecule has 2 heterocycles. The molecule has 4 rings (SSSR count). The molecular formula is C23H27ClN6O3S. The van der Waals surface area contributed by atoms with E-state index in [4.69, 9.17) is 16.3 Å². The summed E-state index contributed by atoms with van der Waals surface area (Å²) in [6.07, 6.45) is 2.42. The molecule has 11 heteroatoms. The van der Waals surface area contributed by atoms with Crippen molar-refractivity contribution in [3.05, 3.63) is 58.7 Å². The predicted molar refractivity (Wildman–Crippen MR) is 134 cm³/mol. The summed E-state index contributed by atoms with van der Waals surface area (Å²) in [5, 5.41) is 6.51. The second kappa shape index (κ2) is 9.75. The topological polar surface area (TPSA) is 99.7 Å². The van der Waals surface area contributed by atoms with Gasteiger partial charge in [0.1, 0.15) is 15.7 Å². The monoisotopic (exact) mass is 502 g/mol. The van der Waals surface area contributed by atoms with Crippen molar-refractivity contribution >= 4 is 44.8 Å². The number of anilines is 4. The molecule has 0 radical (unpaired) electrons. The Bertz CT molecular complexity index is 1320. The first-order chi connectivity index (χ1) is 16.2. The molecule has 1 aromatic heterocycles. The van der Waals surface area contributed by atoms with Gasteiger partial charge in [0.05, 0.1) is 24.7 Å². The number of hydrogen-bond donors (Lipinski definition) is 2. The van der Waals surface area contributed by atoms with Crippen molar-refractivity contribution in [3.8, 4) is 5.75 Å². The highest BCUT2D eigenvalue weighted by Crippen LogP contribution is 2.34. The number of benzene rings is 2. The van der Waals surface area contributed by atoms with Gasteiger partial charge in [-0.25, -0.2) is 17.7 Å². The normalized spacial score (nSPS) is 14.1. The van der Waals surface area contributed by atoms with Crippen LogP contribution in [0.15, 0.2) is 47.5 Å². The van der Waals surface area contributed by atoms with Gasteiger partial charge in [0.2, 0.25) is 16.0 Å². The van der Waals surface area contributed by atoms with Crippen LogP contribution in [0.1, 0.15) is 11.1 Å². The number of nitrogens with one attached hydrogen (secondary N) is 2. The number of methoxy groups -OCH3 is 1. The van der Waals surface area contributed by atoms with Crippen molar-refractivity contribution in [3.63, 3.8) is 0 Å². The number of sulfonamides is 1. The number of ether oxygens (including phenoxy) is 1. The highest BCUT2D eigenvalue weighted by atomic mass is 35.5. The molecule has 34 heavy (non-hydrogen) atoms. The highest BCUT2D eigenvalue weighted by molar-refractivity contribution is 7.89. The summed E-state index contributed by atoms with van der Waals surface area (Å²) in [5.74, 6) is 1.26. The molecule has 180 valence electrons. The standard InChI is InChI=1S/C23H27ClN6O3S/c1-29(2)34(31,32)21-8-6-5-7-18(21)26-22-17(24)13-25-23(28-22)27-19-11-16-14-30(3)10-9-15(16)12-20(19)33-4/h5-8,11-13H,9-10,14H2,1-4H3,(H2,25,26,27,28). The van der Waals surface area contributed by atoms with Crippen LogP contribution in [0.25, 0.3) is 0 Å². The molecule has 2 aromatic carbocycles. The third-order valence-electron chi connectivity index (χ3n) is 5.61. The van der Waals surface area contributed by atoms with Crippen molar-refractivity contribution in [2.24, 2.45) is 0 Å². The average molecular weight is 503 g/mol. The second-order valence-electron chi connectivity index (χ2n) is 8.23. The summed E-state index contributed by atoms with van der Waals surface area (Å²) in [6, 6.07) is 10.7. The van der Waals surface area contributed by atoms with E-state index in [1.54, 1.807) is 25.3 Å². The maximum absolute atomic E-state index is 12.7. The van der Waals surface area contributed by atoms with Crippen LogP contribution in [-0.4, -0.2) is 62.4 Å². The Morgan fingerprint density at radius 2 is 1.88 bits per heavy atom. The summed E-state index contributed by atoms with van der Waals surface area (Å²) in [6.45, 7) is 1.85. The Labute approximate surface area is 204 Å². The lowest BCUT2D eigenvalue weighted by atomic mass is 9.99. The number of nitrogens with zero attached hydrogens (tertiary/aromatic N) is 4. The molecule has 0 atom stereocenters. The SMILES string of the molecule is COc1cc2c(cc1Nc1ncc(Cl)c(Nc3ccccc3S(=O)(=O)N(C)C)n1)CN(C)CC2. The van der Waals surface area contributed by atoms with E-state index in [0.717, 1.165) is 29.5 Å². The van der Waals surface area contributed by atoms with Crippen molar-refractivity contribution < 1.29 is 13.2 Å². The molecule has 9 nitrogen and oxygen atoms in total. The molecule has 3 aromatic rings. The number of para-hydroxylation sites is 1. The smallest absolute Gasteiger partial charge is 0.244 e. The summed E-state index contributed by atoms with van der Waals surface area (Å²) >= 11 is 6.34. The maximum atomic E-state index is 12.7. The predicted octanol–water partition coefficient (Wildman–Crippen LogP) is 3.86. The average Bonchev–Trinajstić information content (AvgIpc) is 2.81. The Balaban J connectivity index is 1.66. The van der Waals surface area contributed by atoms with Gasteiger partial charge >= 0.3 is 0 Å². The van der Waals surface area contributed by atoms with Gasteiger partial charge < -0.3 is 20.3 Å².